The monoisotopic (exact) mass is 412 g/mol. The smallest absolute Gasteiger partial charge is 0.407 e. The van der Waals surface area contributed by atoms with Gasteiger partial charge in [-0.05, 0) is 60.3 Å². The van der Waals surface area contributed by atoms with Crippen LogP contribution in [0.1, 0.15) is 106 Å². The summed E-state index contributed by atoms with van der Waals surface area (Å²) in [6.45, 7) is 20.3. The SMILES string of the molecule is CC.CC.CCC(C)N.Cc1cnc(CCNC(=O)OC(C)(C)C)n1C1CCC1. The van der Waals surface area contributed by atoms with Gasteiger partial charge in [0.25, 0.3) is 0 Å². The number of nitrogens with two attached hydrogens (primary N) is 1. The Kier molecular flexibility index (Phi) is 16.6. The minimum absolute atomic E-state index is 0.365. The number of rotatable bonds is 5. The van der Waals surface area contributed by atoms with Crippen LogP contribution in [0.2, 0.25) is 0 Å². The van der Waals surface area contributed by atoms with Crippen LogP contribution in [0.25, 0.3) is 0 Å². The molecule has 0 spiro atoms. The third-order valence-corrected chi connectivity index (χ3v) is 4.16. The van der Waals surface area contributed by atoms with Crippen LogP contribution >= 0.6 is 0 Å². The Morgan fingerprint density at radius 3 is 2.21 bits per heavy atom. The van der Waals surface area contributed by atoms with Gasteiger partial charge in [-0.15, -0.1) is 0 Å². The zero-order chi connectivity index (χ0) is 23.0. The number of aromatic nitrogens is 2. The summed E-state index contributed by atoms with van der Waals surface area (Å²) >= 11 is 0. The first kappa shape index (κ1) is 29.6. The van der Waals surface area contributed by atoms with Gasteiger partial charge in [-0.25, -0.2) is 9.78 Å². The van der Waals surface area contributed by atoms with Gasteiger partial charge in [0.05, 0.1) is 0 Å². The number of alkyl carbamates (subject to hydrolysis) is 1. The minimum Gasteiger partial charge on any atom is -0.444 e. The summed E-state index contributed by atoms with van der Waals surface area (Å²) in [6.07, 6.45) is 7.16. The van der Waals surface area contributed by atoms with Crippen molar-refractivity contribution in [2.75, 3.05) is 6.54 Å². The average molecular weight is 413 g/mol. The molecule has 0 radical (unpaired) electrons. The number of nitrogens with zero attached hydrogens (tertiary/aromatic N) is 2. The van der Waals surface area contributed by atoms with E-state index in [4.69, 9.17) is 10.5 Å². The van der Waals surface area contributed by atoms with E-state index in [1.54, 1.807) is 0 Å². The molecule has 1 aliphatic carbocycles. The van der Waals surface area contributed by atoms with Gasteiger partial charge >= 0.3 is 6.09 Å². The van der Waals surface area contributed by atoms with Crippen LogP contribution in [0.4, 0.5) is 4.79 Å². The topological polar surface area (TPSA) is 82.2 Å². The molecular weight excluding hydrogens is 364 g/mol. The standard InChI is InChI=1S/C15H25N3O2.C4H11N.2C2H6/c1-11-10-17-13(18(11)12-6-5-7-12)8-9-16-14(19)20-15(2,3)4;1-3-4(2)5;2*1-2/h10,12H,5-9H2,1-4H3,(H,16,19);4H,3,5H2,1-2H3;2*1-2H3. The van der Waals surface area contributed by atoms with E-state index in [0.717, 1.165) is 18.7 Å². The summed E-state index contributed by atoms with van der Waals surface area (Å²) in [6, 6.07) is 0.990. The molecule has 0 saturated heterocycles. The summed E-state index contributed by atoms with van der Waals surface area (Å²) < 4.78 is 7.53. The summed E-state index contributed by atoms with van der Waals surface area (Å²) in [4.78, 5) is 16.0. The molecule has 29 heavy (non-hydrogen) atoms. The Morgan fingerprint density at radius 2 is 1.83 bits per heavy atom. The number of ether oxygens (including phenoxy) is 1. The fraction of sp³-hybridized carbons (Fsp3) is 0.826. The Labute approximate surface area is 180 Å². The third-order valence-electron chi connectivity index (χ3n) is 4.16. The lowest BCUT2D eigenvalue weighted by Crippen LogP contribution is -2.34. The van der Waals surface area contributed by atoms with E-state index in [1.165, 1.54) is 25.0 Å². The van der Waals surface area contributed by atoms with E-state index in [0.29, 0.717) is 18.6 Å². The quantitative estimate of drug-likeness (QED) is 0.642. The van der Waals surface area contributed by atoms with Gasteiger partial charge in [-0.3, -0.25) is 0 Å². The molecular formula is C23H48N4O2. The van der Waals surface area contributed by atoms with Gasteiger partial charge in [-0.2, -0.15) is 0 Å². The van der Waals surface area contributed by atoms with Crippen LogP contribution in [-0.2, 0) is 11.2 Å². The molecule has 1 heterocycles. The maximum atomic E-state index is 11.6. The molecule has 6 nitrogen and oxygen atoms in total. The molecule has 1 aromatic rings. The number of hydrogen-bond donors (Lipinski definition) is 2. The molecule has 1 aromatic heterocycles. The highest BCUT2D eigenvalue weighted by atomic mass is 16.6. The fourth-order valence-corrected chi connectivity index (χ4v) is 2.42. The van der Waals surface area contributed by atoms with E-state index in [2.05, 4.69) is 28.7 Å². The Morgan fingerprint density at radius 1 is 1.31 bits per heavy atom. The Hall–Kier alpha value is -1.56. The molecule has 0 aliphatic heterocycles. The lowest BCUT2D eigenvalue weighted by atomic mass is 9.92. The van der Waals surface area contributed by atoms with E-state index in [1.807, 2.05) is 61.6 Å². The van der Waals surface area contributed by atoms with Gasteiger partial charge in [-0.1, -0.05) is 34.6 Å². The van der Waals surface area contributed by atoms with Crippen LogP contribution < -0.4 is 11.1 Å². The largest absolute Gasteiger partial charge is 0.444 e. The number of carbonyl (C=O) groups is 1. The van der Waals surface area contributed by atoms with Crippen molar-refractivity contribution in [2.24, 2.45) is 5.73 Å². The van der Waals surface area contributed by atoms with Crippen molar-refractivity contribution in [3.8, 4) is 0 Å². The molecule has 3 N–H and O–H groups in total. The summed E-state index contributed by atoms with van der Waals surface area (Å²) in [7, 11) is 0. The molecule has 6 heteroatoms. The third kappa shape index (κ3) is 13.3. The number of aryl methyl sites for hydroxylation is 1. The van der Waals surface area contributed by atoms with Crippen molar-refractivity contribution in [3.05, 3.63) is 17.7 Å². The maximum Gasteiger partial charge on any atom is 0.407 e. The van der Waals surface area contributed by atoms with Crippen LogP contribution in [0.15, 0.2) is 6.20 Å². The number of carbonyl (C=O) groups excluding carboxylic acids is 1. The van der Waals surface area contributed by atoms with Crippen LogP contribution in [0.5, 0.6) is 0 Å². The molecule has 1 atom stereocenters. The van der Waals surface area contributed by atoms with Gasteiger partial charge in [0.15, 0.2) is 0 Å². The first-order valence-corrected chi connectivity index (χ1v) is 11.4. The van der Waals surface area contributed by atoms with Gasteiger partial charge in [0.1, 0.15) is 11.4 Å². The van der Waals surface area contributed by atoms with Crippen molar-refractivity contribution in [1.29, 1.82) is 0 Å². The summed E-state index contributed by atoms with van der Waals surface area (Å²) in [5.74, 6) is 1.06. The molecule has 0 bridgehead atoms. The van der Waals surface area contributed by atoms with Crippen molar-refractivity contribution in [1.82, 2.24) is 14.9 Å². The lowest BCUT2D eigenvalue weighted by Gasteiger charge is -2.29. The molecule has 1 aliphatic rings. The second kappa shape index (κ2) is 16.3. The minimum atomic E-state index is -0.453. The number of nitrogens with one attached hydrogen (secondary N) is 1. The highest BCUT2D eigenvalue weighted by molar-refractivity contribution is 5.67. The normalized spacial score (nSPS) is 13.9. The molecule has 1 saturated carbocycles. The van der Waals surface area contributed by atoms with Gasteiger partial charge in [0.2, 0.25) is 0 Å². The first-order valence-electron chi connectivity index (χ1n) is 11.4. The predicted octanol–water partition coefficient (Wildman–Crippen LogP) is 5.78. The molecule has 2 rings (SSSR count). The lowest BCUT2D eigenvalue weighted by molar-refractivity contribution is 0.0528. The van der Waals surface area contributed by atoms with E-state index >= 15 is 0 Å². The van der Waals surface area contributed by atoms with Crippen LogP contribution in [-0.4, -0.2) is 33.8 Å². The zero-order valence-corrected chi connectivity index (χ0v) is 20.8. The molecule has 172 valence electrons. The van der Waals surface area contributed by atoms with Crippen molar-refractivity contribution in [2.45, 2.75) is 119 Å². The molecule has 0 aromatic carbocycles. The summed E-state index contributed by atoms with van der Waals surface area (Å²) in [5, 5.41) is 2.78. The summed E-state index contributed by atoms with van der Waals surface area (Å²) in [5.41, 5.74) is 6.05. The van der Waals surface area contributed by atoms with Crippen LogP contribution in [0, 0.1) is 6.92 Å². The van der Waals surface area contributed by atoms with Crippen LogP contribution in [0.3, 0.4) is 0 Å². The fourth-order valence-electron chi connectivity index (χ4n) is 2.42. The maximum absolute atomic E-state index is 11.6. The Bertz CT molecular complexity index is 529. The number of hydrogen-bond acceptors (Lipinski definition) is 4. The van der Waals surface area contributed by atoms with Crippen molar-refractivity contribution < 1.29 is 9.53 Å². The molecule has 1 unspecified atom stereocenters. The van der Waals surface area contributed by atoms with E-state index in [9.17, 15) is 4.79 Å². The first-order chi connectivity index (χ1) is 13.6. The second-order valence-electron chi connectivity index (χ2n) is 7.83. The van der Waals surface area contributed by atoms with E-state index in [-0.39, 0.29) is 6.09 Å². The highest BCUT2D eigenvalue weighted by Gasteiger charge is 2.23. The molecule has 1 amide bonds. The van der Waals surface area contributed by atoms with Gasteiger partial charge in [0, 0.05) is 36.9 Å². The number of amides is 1. The van der Waals surface area contributed by atoms with Crippen molar-refractivity contribution >= 4 is 6.09 Å². The number of imidazole rings is 1. The van der Waals surface area contributed by atoms with Crippen molar-refractivity contribution in [3.63, 3.8) is 0 Å². The Balaban J connectivity index is 0. The van der Waals surface area contributed by atoms with E-state index < -0.39 is 5.60 Å². The predicted molar refractivity (Wildman–Crippen MR) is 124 cm³/mol. The van der Waals surface area contributed by atoms with Gasteiger partial charge < -0.3 is 20.4 Å². The highest BCUT2D eigenvalue weighted by Crippen LogP contribution is 2.33. The zero-order valence-electron chi connectivity index (χ0n) is 20.8. The molecule has 1 fully saturated rings. The average Bonchev–Trinajstić information content (AvgIpc) is 2.97. The second-order valence-corrected chi connectivity index (χ2v) is 7.83.